The summed E-state index contributed by atoms with van der Waals surface area (Å²) in [4.78, 5) is 13.2. The van der Waals surface area contributed by atoms with E-state index >= 15 is 0 Å². The summed E-state index contributed by atoms with van der Waals surface area (Å²) < 4.78 is 11.1. The second kappa shape index (κ2) is 48.5. The van der Waals surface area contributed by atoms with E-state index in [0.717, 1.165) is 38.5 Å². The molecule has 1 amide bonds. The van der Waals surface area contributed by atoms with Crippen molar-refractivity contribution in [2.75, 3.05) is 13.2 Å². The number of carbonyl (C=O) groups is 1. The first-order chi connectivity index (χ1) is 34.2. The molecule has 0 aliphatic carbocycles. The maximum Gasteiger partial charge on any atom is 0.249 e. The Morgan fingerprint density at radius 1 is 0.486 bits per heavy atom. The van der Waals surface area contributed by atoms with E-state index in [4.69, 9.17) is 9.47 Å². The van der Waals surface area contributed by atoms with E-state index in [1.54, 1.807) is 0 Å². The number of aliphatic hydroxyl groups excluding tert-OH is 7. The average Bonchev–Trinajstić information content (AvgIpc) is 3.36. The van der Waals surface area contributed by atoms with Gasteiger partial charge in [-0.25, -0.2) is 0 Å². The molecule has 1 fully saturated rings. The highest BCUT2D eigenvalue weighted by molar-refractivity contribution is 5.80. The maximum atomic E-state index is 13.2. The SMILES string of the molecule is CCCCCC/C=C/CC/C=C/CCCC(O)C(O)C(COC1OC(CO)C(O)C(O)C1O)NC(=O)C(O)CCCCCCCCCCCCCCCCCCCCCCCCCCCCCCCC. The van der Waals surface area contributed by atoms with Gasteiger partial charge in [0.1, 0.15) is 36.6 Å². The second-order valence-corrected chi connectivity index (χ2v) is 21.1. The monoisotopic (exact) mass is 996 g/mol. The van der Waals surface area contributed by atoms with Crippen molar-refractivity contribution in [3.05, 3.63) is 24.3 Å². The molecule has 11 heteroatoms. The van der Waals surface area contributed by atoms with Crippen molar-refractivity contribution in [1.82, 2.24) is 5.32 Å². The third-order valence-corrected chi connectivity index (χ3v) is 14.5. The van der Waals surface area contributed by atoms with Crippen LogP contribution in [0, 0.1) is 0 Å². The Balaban J connectivity index is 2.21. The second-order valence-electron chi connectivity index (χ2n) is 21.1. The van der Waals surface area contributed by atoms with Crippen molar-refractivity contribution in [2.45, 2.75) is 332 Å². The minimum atomic E-state index is -1.67. The van der Waals surface area contributed by atoms with Crippen molar-refractivity contribution in [1.29, 1.82) is 0 Å². The predicted octanol–water partition coefficient (Wildman–Crippen LogP) is 12.5. The molecular formula is C59H113NO10. The molecule has 70 heavy (non-hydrogen) atoms. The number of amides is 1. The maximum absolute atomic E-state index is 13.2. The first-order valence-electron chi connectivity index (χ1n) is 29.7. The Morgan fingerprint density at radius 2 is 0.857 bits per heavy atom. The number of allylic oxidation sites excluding steroid dienone is 4. The molecule has 11 nitrogen and oxygen atoms in total. The van der Waals surface area contributed by atoms with Crippen molar-refractivity contribution in [3.63, 3.8) is 0 Å². The van der Waals surface area contributed by atoms with E-state index in [-0.39, 0.29) is 12.8 Å². The fourth-order valence-corrected chi connectivity index (χ4v) is 9.64. The number of carbonyl (C=O) groups excluding carboxylic acids is 1. The van der Waals surface area contributed by atoms with E-state index in [1.165, 1.54) is 193 Å². The number of rotatable bonds is 51. The zero-order valence-electron chi connectivity index (χ0n) is 45.3. The molecule has 9 atom stereocenters. The predicted molar refractivity (Wildman–Crippen MR) is 289 cm³/mol. The summed E-state index contributed by atoms with van der Waals surface area (Å²) in [5, 5.41) is 75.9. The van der Waals surface area contributed by atoms with E-state index < -0.39 is 74.2 Å². The lowest BCUT2D eigenvalue weighted by Crippen LogP contribution is -2.60. The molecule has 414 valence electrons. The van der Waals surface area contributed by atoms with Crippen LogP contribution in [-0.2, 0) is 14.3 Å². The highest BCUT2D eigenvalue weighted by Gasteiger charge is 2.44. The topological polar surface area (TPSA) is 189 Å². The lowest BCUT2D eigenvalue weighted by atomic mass is 9.98. The van der Waals surface area contributed by atoms with Crippen LogP contribution in [0.4, 0.5) is 0 Å². The molecule has 0 aromatic heterocycles. The summed E-state index contributed by atoms with van der Waals surface area (Å²) in [7, 11) is 0. The lowest BCUT2D eigenvalue weighted by molar-refractivity contribution is -0.303. The van der Waals surface area contributed by atoms with Gasteiger partial charge in [-0.05, 0) is 51.4 Å². The zero-order valence-corrected chi connectivity index (χ0v) is 45.3. The summed E-state index contributed by atoms with van der Waals surface area (Å²) >= 11 is 0. The Bertz CT molecular complexity index is 1190. The molecule has 0 saturated carbocycles. The van der Waals surface area contributed by atoms with Gasteiger partial charge in [-0.2, -0.15) is 0 Å². The molecule has 0 spiro atoms. The molecule has 8 N–H and O–H groups in total. The van der Waals surface area contributed by atoms with Crippen LogP contribution in [0.2, 0.25) is 0 Å². The number of unbranched alkanes of at least 4 members (excludes halogenated alkanes) is 35. The van der Waals surface area contributed by atoms with Crippen LogP contribution < -0.4 is 5.32 Å². The van der Waals surface area contributed by atoms with E-state index in [2.05, 4.69) is 43.5 Å². The van der Waals surface area contributed by atoms with Crippen LogP contribution in [-0.4, -0.2) is 110 Å². The molecule has 1 aliphatic heterocycles. The van der Waals surface area contributed by atoms with Gasteiger partial charge in [0.05, 0.1) is 25.4 Å². The third kappa shape index (κ3) is 36.5. The van der Waals surface area contributed by atoms with Gasteiger partial charge in [-0.15, -0.1) is 0 Å². The van der Waals surface area contributed by atoms with Gasteiger partial charge in [0, 0.05) is 0 Å². The van der Waals surface area contributed by atoms with Gasteiger partial charge in [0.15, 0.2) is 6.29 Å². The van der Waals surface area contributed by atoms with E-state index in [1.807, 2.05) is 0 Å². The summed E-state index contributed by atoms with van der Waals surface area (Å²) in [6, 6.07) is -1.19. The Kier molecular flexibility index (Phi) is 46.2. The van der Waals surface area contributed by atoms with Crippen LogP contribution in [0.5, 0.6) is 0 Å². The number of hydrogen-bond donors (Lipinski definition) is 8. The summed E-state index contributed by atoms with van der Waals surface area (Å²) in [6.45, 7) is 3.43. The Morgan fingerprint density at radius 3 is 1.27 bits per heavy atom. The van der Waals surface area contributed by atoms with E-state index in [9.17, 15) is 40.5 Å². The molecule has 9 unspecified atom stereocenters. The average molecular weight is 997 g/mol. The molecule has 1 heterocycles. The normalized spacial score (nSPS) is 20.4. The minimum Gasteiger partial charge on any atom is -0.394 e. The molecule has 0 bridgehead atoms. The van der Waals surface area contributed by atoms with E-state index in [0.29, 0.717) is 19.3 Å². The first kappa shape index (κ1) is 66.6. The van der Waals surface area contributed by atoms with Crippen LogP contribution in [0.3, 0.4) is 0 Å². The van der Waals surface area contributed by atoms with Crippen LogP contribution in [0.15, 0.2) is 24.3 Å². The molecule has 1 aliphatic rings. The molecular weight excluding hydrogens is 883 g/mol. The Hall–Kier alpha value is -1.41. The molecule has 1 saturated heterocycles. The fraction of sp³-hybridized carbons (Fsp3) is 0.915. The van der Waals surface area contributed by atoms with Crippen molar-refractivity contribution >= 4 is 5.91 Å². The highest BCUT2D eigenvalue weighted by Crippen LogP contribution is 2.23. The van der Waals surface area contributed by atoms with Crippen molar-refractivity contribution in [3.8, 4) is 0 Å². The summed E-state index contributed by atoms with van der Waals surface area (Å²) in [6.07, 6.45) is 46.9. The molecule has 0 aromatic rings. The third-order valence-electron chi connectivity index (χ3n) is 14.5. The van der Waals surface area contributed by atoms with Gasteiger partial charge in [-0.3, -0.25) is 4.79 Å². The standard InChI is InChI=1S/C59H113NO10/c1-3-5-7-9-11-13-15-17-18-19-20-21-22-23-24-25-26-27-28-29-30-31-32-33-35-37-39-41-43-45-47-52(63)58(68)60-50(49-69-59-57(67)56(66)55(65)53(48-61)70-59)54(64)51(62)46-44-42-40-38-36-34-16-14-12-10-8-6-4-2/h14,16,38,40,50-57,59,61-67H,3-13,15,17-37,39,41-49H2,1-2H3,(H,60,68)/b16-14+,40-38+. The van der Waals surface area contributed by atoms with Gasteiger partial charge < -0.3 is 50.5 Å². The minimum absolute atomic E-state index is 0.248. The van der Waals surface area contributed by atoms with Crippen LogP contribution in [0.25, 0.3) is 0 Å². The highest BCUT2D eigenvalue weighted by atomic mass is 16.7. The molecule has 1 rings (SSSR count). The smallest absolute Gasteiger partial charge is 0.249 e. The Labute approximate surface area is 429 Å². The molecule has 0 aromatic carbocycles. The zero-order chi connectivity index (χ0) is 51.1. The van der Waals surface area contributed by atoms with Crippen molar-refractivity contribution in [2.24, 2.45) is 0 Å². The summed E-state index contributed by atoms with van der Waals surface area (Å²) in [5.74, 6) is -0.706. The number of ether oxygens (including phenoxy) is 2. The van der Waals surface area contributed by atoms with Crippen LogP contribution >= 0.6 is 0 Å². The summed E-state index contributed by atoms with van der Waals surface area (Å²) in [5.41, 5.74) is 0. The van der Waals surface area contributed by atoms with Gasteiger partial charge in [0.25, 0.3) is 0 Å². The lowest BCUT2D eigenvalue weighted by Gasteiger charge is -2.40. The van der Waals surface area contributed by atoms with Gasteiger partial charge in [-0.1, -0.05) is 250 Å². The fourth-order valence-electron chi connectivity index (χ4n) is 9.64. The van der Waals surface area contributed by atoms with Crippen LogP contribution in [0.1, 0.15) is 277 Å². The first-order valence-corrected chi connectivity index (χ1v) is 29.7. The number of nitrogens with one attached hydrogen (secondary N) is 1. The largest absolute Gasteiger partial charge is 0.394 e. The number of aliphatic hydroxyl groups is 7. The number of hydrogen-bond acceptors (Lipinski definition) is 10. The quantitative estimate of drug-likeness (QED) is 0.0215. The van der Waals surface area contributed by atoms with Gasteiger partial charge >= 0.3 is 0 Å². The van der Waals surface area contributed by atoms with Gasteiger partial charge in [0.2, 0.25) is 5.91 Å². The van der Waals surface area contributed by atoms with Crippen molar-refractivity contribution < 1.29 is 50.0 Å². The molecule has 0 radical (unpaired) electrons.